The van der Waals surface area contributed by atoms with E-state index in [2.05, 4.69) is 4.98 Å². The summed E-state index contributed by atoms with van der Waals surface area (Å²) in [4.78, 5) is 19.9. The highest BCUT2D eigenvalue weighted by molar-refractivity contribution is 7.89. The average molecular weight is 498 g/mol. The Morgan fingerprint density at radius 1 is 1.15 bits per heavy atom. The lowest BCUT2D eigenvalue weighted by Crippen LogP contribution is -2.31. The lowest BCUT2D eigenvalue weighted by atomic mass is 10.2. The average Bonchev–Trinajstić information content (AvgIpc) is 3.39. The van der Waals surface area contributed by atoms with Crippen molar-refractivity contribution in [3.05, 3.63) is 72.2 Å². The van der Waals surface area contributed by atoms with Crippen LogP contribution in [-0.4, -0.2) is 43.8 Å². The minimum atomic E-state index is -3.59. The number of amides is 1. The Morgan fingerprint density at radius 2 is 1.91 bits per heavy atom. The van der Waals surface area contributed by atoms with Crippen LogP contribution in [0.3, 0.4) is 0 Å². The van der Waals surface area contributed by atoms with E-state index in [4.69, 9.17) is 9.15 Å². The Hall–Kier alpha value is -3.21. The molecule has 5 rings (SSSR count). The molecule has 4 aromatic rings. The van der Waals surface area contributed by atoms with Crippen molar-refractivity contribution < 1.29 is 22.4 Å². The second-order valence-corrected chi connectivity index (χ2v) is 11.1. The normalized spacial score (nSPS) is 14.0. The molecule has 2 heterocycles. The summed E-state index contributed by atoms with van der Waals surface area (Å²) in [5.74, 6) is 0.915. The maximum absolute atomic E-state index is 13.6. The Balaban J connectivity index is 1.49. The Kier molecular flexibility index (Phi) is 5.88. The molecule has 1 fully saturated rings. The van der Waals surface area contributed by atoms with Gasteiger partial charge < -0.3 is 9.15 Å². The summed E-state index contributed by atoms with van der Waals surface area (Å²) in [6.45, 7) is 0.179. The molecule has 0 unspecified atom stereocenters. The number of furan rings is 1. The lowest BCUT2D eigenvalue weighted by molar-refractivity contribution is 0.0983. The van der Waals surface area contributed by atoms with Gasteiger partial charge in [0.1, 0.15) is 17.0 Å². The van der Waals surface area contributed by atoms with Crippen LogP contribution in [0.25, 0.3) is 10.2 Å². The van der Waals surface area contributed by atoms with Gasteiger partial charge in [-0.2, -0.15) is 4.31 Å². The molecule has 2 aromatic heterocycles. The summed E-state index contributed by atoms with van der Waals surface area (Å²) in [5, 5.41) is 0.492. The summed E-state index contributed by atoms with van der Waals surface area (Å²) in [7, 11) is -0.412. The first kappa shape index (κ1) is 22.6. The highest BCUT2D eigenvalue weighted by atomic mass is 32.2. The highest BCUT2D eigenvalue weighted by Gasteiger charge is 2.35. The number of ether oxygens (including phenoxy) is 1. The molecular weight excluding hydrogens is 474 g/mol. The maximum atomic E-state index is 13.6. The summed E-state index contributed by atoms with van der Waals surface area (Å²) >= 11 is 1.37. The first-order valence-corrected chi connectivity index (χ1v) is 13.0. The number of para-hydroxylation sites is 1. The third kappa shape index (κ3) is 4.20. The fourth-order valence-corrected chi connectivity index (χ4v) is 6.10. The molecule has 176 valence electrons. The molecule has 1 saturated carbocycles. The largest absolute Gasteiger partial charge is 0.494 e. The molecule has 1 aliphatic carbocycles. The van der Waals surface area contributed by atoms with Crippen molar-refractivity contribution in [2.45, 2.75) is 30.3 Å². The second kappa shape index (κ2) is 8.86. The quantitative estimate of drug-likeness (QED) is 0.355. The lowest BCUT2D eigenvalue weighted by Gasteiger charge is -2.19. The van der Waals surface area contributed by atoms with Gasteiger partial charge in [0, 0.05) is 18.7 Å². The number of carbonyl (C=O) groups is 1. The number of carbonyl (C=O) groups excluding carboxylic acids is 1. The molecule has 0 atom stereocenters. The van der Waals surface area contributed by atoms with Crippen LogP contribution in [0, 0.1) is 0 Å². The van der Waals surface area contributed by atoms with Crippen molar-refractivity contribution >= 4 is 42.6 Å². The monoisotopic (exact) mass is 497 g/mol. The van der Waals surface area contributed by atoms with Crippen molar-refractivity contribution in [1.29, 1.82) is 0 Å². The topological polar surface area (TPSA) is 92.9 Å². The van der Waals surface area contributed by atoms with E-state index in [-0.39, 0.29) is 23.4 Å². The summed E-state index contributed by atoms with van der Waals surface area (Å²) in [5.41, 5.74) is 1.03. The SMILES string of the molecule is COc1cccc2sc(N(Cc3ccco3)C(=O)c3ccc(S(=O)(=O)N(C)C4CC4)cc3)nc12. The molecule has 10 heteroatoms. The molecule has 0 N–H and O–H groups in total. The van der Waals surface area contributed by atoms with Crippen LogP contribution in [0.4, 0.5) is 5.13 Å². The minimum absolute atomic E-state index is 0.0612. The Labute approximate surface area is 201 Å². The molecule has 0 spiro atoms. The van der Waals surface area contributed by atoms with E-state index in [1.807, 2.05) is 18.2 Å². The standard InChI is InChI=1S/C24H23N3O5S2/c1-26(17-10-11-17)34(29,30)19-12-8-16(9-13-19)23(28)27(15-18-5-4-14-32-18)24-25-22-20(31-2)6-3-7-21(22)33-24/h3-9,12-14,17H,10-11,15H2,1-2H3. The summed E-state index contributed by atoms with van der Waals surface area (Å²) < 4.78 is 38.8. The number of fused-ring (bicyclic) bond motifs is 1. The molecule has 2 aromatic carbocycles. The van der Waals surface area contributed by atoms with Gasteiger partial charge in [-0.15, -0.1) is 0 Å². The number of methoxy groups -OCH3 is 1. The molecule has 0 saturated heterocycles. The zero-order chi connectivity index (χ0) is 23.9. The zero-order valence-electron chi connectivity index (χ0n) is 18.7. The number of sulfonamides is 1. The van der Waals surface area contributed by atoms with Gasteiger partial charge in [0.05, 0.1) is 29.5 Å². The van der Waals surface area contributed by atoms with Crippen LogP contribution in [-0.2, 0) is 16.6 Å². The van der Waals surface area contributed by atoms with Gasteiger partial charge >= 0.3 is 0 Å². The Morgan fingerprint density at radius 3 is 2.56 bits per heavy atom. The zero-order valence-corrected chi connectivity index (χ0v) is 20.3. The van der Waals surface area contributed by atoms with Crippen LogP contribution < -0.4 is 9.64 Å². The van der Waals surface area contributed by atoms with Crippen LogP contribution in [0.1, 0.15) is 29.0 Å². The smallest absolute Gasteiger partial charge is 0.260 e. The number of thiazole rings is 1. The molecule has 1 amide bonds. The number of hydrogen-bond acceptors (Lipinski definition) is 7. The van der Waals surface area contributed by atoms with Crippen LogP contribution in [0.5, 0.6) is 5.75 Å². The van der Waals surface area contributed by atoms with E-state index < -0.39 is 10.0 Å². The van der Waals surface area contributed by atoms with Gasteiger partial charge in [0.25, 0.3) is 5.91 Å². The molecule has 0 radical (unpaired) electrons. The van der Waals surface area contributed by atoms with E-state index >= 15 is 0 Å². The van der Waals surface area contributed by atoms with E-state index in [0.29, 0.717) is 27.7 Å². The molecule has 8 nitrogen and oxygen atoms in total. The van der Waals surface area contributed by atoms with E-state index in [9.17, 15) is 13.2 Å². The molecule has 0 aliphatic heterocycles. The van der Waals surface area contributed by atoms with Crippen LogP contribution >= 0.6 is 11.3 Å². The predicted molar refractivity (Wildman–Crippen MR) is 130 cm³/mol. The second-order valence-electron chi connectivity index (χ2n) is 8.05. The predicted octanol–water partition coefficient (Wildman–Crippen LogP) is 4.53. The number of nitrogens with zero attached hydrogens (tertiary/aromatic N) is 3. The van der Waals surface area contributed by atoms with Crippen LogP contribution in [0.15, 0.2) is 70.2 Å². The van der Waals surface area contributed by atoms with Gasteiger partial charge in [-0.1, -0.05) is 17.4 Å². The fourth-order valence-electron chi connectivity index (χ4n) is 3.70. The van der Waals surface area contributed by atoms with E-state index in [0.717, 1.165) is 17.5 Å². The molecular formula is C24H23N3O5S2. The Bertz CT molecular complexity index is 1430. The maximum Gasteiger partial charge on any atom is 0.260 e. The van der Waals surface area contributed by atoms with Crippen molar-refractivity contribution in [3.8, 4) is 5.75 Å². The summed E-state index contributed by atoms with van der Waals surface area (Å²) in [6, 6.07) is 15.3. The first-order valence-electron chi connectivity index (χ1n) is 10.7. The van der Waals surface area contributed by atoms with E-state index in [1.54, 1.807) is 44.7 Å². The number of rotatable bonds is 8. The third-order valence-electron chi connectivity index (χ3n) is 5.80. The first-order chi connectivity index (χ1) is 16.4. The number of hydrogen-bond donors (Lipinski definition) is 0. The summed E-state index contributed by atoms with van der Waals surface area (Å²) in [6.07, 6.45) is 3.30. The number of benzene rings is 2. The van der Waals surface area contributed by atoms with E-state index in [1.165, 1.54) is 32.7 Å². The van der Waals surface area contributed by atoms with Crippen molar-refractivity contribution in [2.24, 2.45) is 0 Å². The molecule has 1 aliphatic rings. The fraction of sp³-hybridized carbons (Fsp3) is 0.250. The van der Waals surface area contributed by atoms with Gasteiger partial charge in [-0.3, -0.25) is 9.69 Å². The van der Waals surface area contributed by atoms with Gasteiger partial charge in [0.2, 0.25) is 10.0 Å². The minimum Gasteiger partial charge on any atom is -0.494 e. The van der Waals surface area contributed by atoms with Crippen molar-refractivity contribution in [3.63, 3.8) is 0 Å². The molecule has 34 heavy (non-hydrogen) atoms. The van der Waals surface area contributed by atoms with Crippen LogP contribution in [0.2, 0.25) is 0 Å². The third-order valence-corrected chi connectivity index (χ3v) is 8.77. The van der Waals surface area contributed by atoms with Crippen molar-refractivity contribution in [2.75, 3.05) is 19.1 Å². The number of anilines is 1. The van der Waals surface area contributed by atoms with Gasteiger partial charge in [-0.25, -0.2) is 13.4 Å². The van der Waals surface area contributed by atoms with Crippen molar-refractivity contribution in [1.82, 2.24) is 9.29 Å². The number of aromatic nitrogens is 1. The molecule has 0 bridgehead atoms. The highest BCUT2D eigenvalue weighted by Crippen LogP contribution is 2.35. The van der Waals surface area contributed by atoms with Gasteiger partial charge in [0.15, 0.2) is 5.13 Å². The van der Waals surface area contributed by atoms with Gasteiger partial charge in [-0.05, 0) is 61.4 Å².